The lowest BCUT2D eigenvalue weighted by Crippen LogP contribution is -2.39. The second kappa shape index (κ2) is 8.50. The number of piperidine rings is 1. The van der Waals surface area contributed by atoms with Crippen molar-refractivity contribution >= 4 is 15.9 Å². The number of aromatic nitrogens is 3. The molecule has 1 saturated heterocycles. The van der Waals surface area contributed by atoms with Crippen molar-refractivity contribution in [1.82, 2.24) is 24.6 Å². The van der Waals surface area contributed by atoms with Gasteiger partial charge in [0.25, 0.3) is 5.91 Å². The first-order valence-electron chi connectivity index (χ1n) is 10.6. The maximum Gasteiger partial charge on any atom is 0.290 e. The summed E-state index contributed by atoms with van der Waals surface area (Å²) in [4.78, 5) is 12.7. The molecule has 1 aliphatic carbocycles. The Labute approximate surface area is 176 Å². The molecule has 2 fully saturated rings. The minimum absolute atomic E-state index is 0.106. The van der Waals surface area contributed by atoms with Gasteiger partial charge in [0.1, 0.15) is 4.90 Å². The Morgan fingerprint density at radius 3 is 2.67 bits per heavy atom. The van der Waals surface area contributed by atoms with Crippen LogP contribution in [0.2, 0.25) is 0 Å². The van der Waals surface area contributed by atoms with E-state index >= 15 is 0 Å². The summed E-state index contributed by atoms with van der Waals surface area (Å²) in [5, 5.41) is 11.2. The van der Waals surface area contributed by atoms with Gasteiger partial charge in [-0.05, 0) is 32.6 Å². The van der Waals surface area contributed by atoms with Crippen LogP contribution in [0.25, 0.3) is 0 Å². The molecule has 30 heavy (non-hydrogen) atoms. The van der Waals surface area contributed by atoms with Crippen LogP contribution in [0.15, 0.2) is 21.7 Å². The molecule has 10 heteroatoms. The number of hydrogen-bond acceptors (Lipinski definition) is 6. The average Bonchev–Trinajstić information content (AvgIpc) is 3.37. The van der Waals surface area contributed by atoms with Crippen LogP contribution < -0.4 is 5.32 Å². The molecular weight excluding hydrogens is 406 g/mol. The van der Waals surface area contributed by atoms with Crippen molar-refractivity contribution in [2.75, 3.05) is 13.1 Å². The SMILES string of the molecule is Cc1c(S(=O)(=O)N2CCCC(c3cc(C(=O)NC4CCCCC4)on3)C2)cnn1C. The first-order chi connectivity index (χ1) is 14.4. The van der Waals surface area contributed by atoms with Gasteiger partial charge in [0, 0.05) is 38.2 Å². The Bertz CT molecular complexity index is 1010. The van der Waals surface area contributed by atoms with Crippen molar-refractivity contribution in [3.05, 3.63) is 29.4 Å². The van der Waals surface area contributed by atoms with Crippen LogP contribution in [0.3, 0.4) is 0 Å². The molecular formula is C20H29N5O4S. The number of nitrogens with one attached hydrogen (secondary N) is 1. The second-order valence-corrected chi connectivity index (χ2v) is 10.3. The van der Waals surface area contributed by atoms with Gasteiger partial charge in [-0.2, -0.15) is 9.40 Å². The van der Waals surface area contributed by atoms with E-state index in [2.05, 4.69) is 15.6 Å². The lowest BCUT2D eigenvalue weighted by molar-refractivity contribution is 0.0890. The van der Waals surface area contributed by atoms with Crippen molar-refractivity contribution in [1.29, 1.82) is 0 Å². The summed E-state index contributed by atoms with van der Waals surface area (Å²) in [6, 6.07) is 1.85. The van der Waals surface area contributed by atoms with Crippen LogP contribution >= 0.6 is 0 Å². The van der Waals surface area contributed by atoms with Gasteiger partial charge in [0.2, 0.25) is 15.8 Å². The summed E-state index contributed by atoms with van der Waals surface area (Å²) in [5.74, 6) is -0.156. The van der Waals surface area contributed by atoms with Crippen LogP contribution in [-0.4, -0.2) is 52.7 Å². The van der Waals surface area contributed by atoms with Crippen LogP contribution in [0.1, 0.15) is 72.8 Å². The van der Waals surface area contributed by atoms with E-state index in [0.29, 0.717) is 24.5 Å². The fourth-order valence-electron chi connectivity index (χ4n) is 4.36. The summed E-state index contributed by atoms with van der Waals surface area (Å²) in [6.45, 7) is 2.52. The van der Waals surface area contributed by atoms with E-state index in [4.69, 9.17) is 4.52 Å². The molecule has 164 valence electrons. The predicted octanol–water partition coefficient (Wildman–Crippen LogP) is 2.35. The second-order valence-electron chi connectivity index (χ2n) is 8.34. The molecule has 9 nitrogen and oxygen atoms in total. The van der Waals surface area contributed by atoms with E-state index < -0.39 is 10.0 Å². The minimum atomic E-state index is -3.63. The van der Waals surface area contributed by atoms with Crippen molar-refractivity contribution in [2.45, 2.75) is 68.7 Å². The number of carbonyl (C=O) groups is 1. The predicted molar refractivity (Wildman–Crippen MR) is 110 cm³/mol. The zero-order valence-electron chi connectivity index (χ0n) is 17.5. The van der Waals surface area contributed by atoms with Gasteiger partial charge >= 0.3 is 0 Å². The molecule has 0 aromatic carbocycles. The number of amides is 1. The monoisotopic (exact) mass is 435 g/mol. The molecule has 2 aromatic heterocycles. The molecule has 0 spiro atoms. The van der Waals surface area contributed by atoms with Gasteiger partial charge in [-0.25, -0.2) is 8.42 Å². The maximum atomic E-state index is 13.1. The van der Waals surface area contributed by atoms with Gasteiger partial charge < -0.3 is 9.84 Å². The number of nitrogens with zero attached hydrogens (tertiary/aromatic N) is 4. The van der Waals surface area contributed by atoms with Crippen LogP contribution in [0, 0.1) is 6.92 Å². The van der Waals surface area contributed by atoms with E-state index in [1.54, 1.807) is 24.7 Å². The van der Waals surface area contributed by atoms with E-state index in [9.17, 15) is 13.2 Å². The number of carbonyl (C=O) groups excluding carboxylic acids is 1. The van der Waals surface area contributed by atoms with Gasteiger partial charge in [-0.15, -0.1) is 0 Å². The van der Waals surface area contributed by atoms with Crippen molar-refractivity contribution in [3.8, 4) is 0 Å². The fraction of sp³-hybridized carbons (Fsp3) is 0.650. The van der Waals surface area contributed by atoms with E-state index in [1.165, 1.54) is 16.9 Å². The third kappa shape index (κ3) is 4.15. The Morgan fingerprint density at radius 1 is 1.20 bits per heavy atom. The van der Waals surface area contributed by atoms with Crippen LogP contribution in [0.4, 0.5) is 0 Å². The molecule has 0 radical (unpaired) electrons. The van der Waals surface area contributed by atoms with Gasteiger partial charge in [0.15, 0.2) is 0 Å². The number of sulfonamides is 1. The van der Waals surface area contributed by atoms with Gasteiger partial charge in [-0.3, -0.25) is 9.48 Å². The smallest absolute Gasteiger partial charge is 0.290 e. The standard InChI is InChI=1S/C20H29N5O4S/c1-14-19(12-21-24(14)2)30(27,28)25-10-6-7-15(13-25)17-11-18(29-23-17)20(26)22-16-8-4-3-5-9-16/h11-12,15-16H,3-10,13H2,1-2H3,(H,22,26). The molecule has 3 heterocycles. The molecule has 2 aliphatic rings. The number of rotatable bonds is 5. The van der Waals surface area contributed by atoms with Crippen molar-refractivity contribution < 1.29 is 17.7 Å². The van der Waals surface area contributed by atoms with Gasteiger partial charge in [0.05, 0.1) is 17.6 Å². The van der Waals surface area contributed by atoms with Crippen molar-refractivity contribution in [3.63, 3.8) is 0 Å². The molecule has 2 aromatic rings. The minimum Gasteiger partial charge on any atom is -0.351 e. The Morgan fingerprint density at radius 2 is 1.97 bits per heavy atom. The van der Waals surface area contributed by atoms with Gasteiger partial charge in [-0.1, -0.05) is 24.4 Å². The Hall–Kier alpha value is -2.20. The third-order valence-corrected chi connectivity index (χ3v) is 8.27. The summed E-state index contributed by atoms with van der Waals surface area (Å²) >= 11 is 0. The molecule has 0 bridgehead atoms. The normalized spacial score (nSPS) is 21.6. The number of hydrogen-bond donors (Lipinski definition) is 1. The Kier molecular flexibility index (Phi) is 5.97. The number of aryl methyl sites for hydroxylation is 1. The molecule has 1 atom stereocenters. The highest BCUT2D eigenvalue weighted by Crippen LogP contribution is 2.31. The van der Waals surface area contributed by atoms with E-state index in [-0.39, 0.29) is 28.5 Å². The summed E-state index contributed by atoms with van der Waals surface area (Å²) < 4.78 is 34.5. The lowest BCUT2D eigenvalue weighted by Gasteiger charge is -2.30. The summed E-state index contributed by atoms with van der Waals surface area (Å²) in [7, 11) is -1.90. The largest absolute Gasteiger partial charge is 0.351 e. The fourth-order valence-corrected chi connectivity index (χ4v) is 6.07. The molecule has 4 rings (SSSR count). The summed E-state index contributed by atoms with van der Waals surface area (Å²) in [6.07, 6.45) is 8.40. The maximum absolute atomic E-state index is 13.1. The molecule has 1 unspecified atom stereocenters. The average molecular weight is 436 g/mol. The molecule has 1 saturated carbocycles. The van der Waals surface area contributed by atoms with Crippen LogP contribution in [0.5, 0.6) is 0 Å². The third-order valence-electron chi connectivity index (χ3n) is 6.30. The molecule has 1 amide bonds. The zero-order chi connectivity index (χ0) is 21.3. The van der Waals surface area contributed by atoms with Crippen LogP contribution in [-0.2, 0) is 17.1 Å². The van der Waals surface area contributed by atoms with E-state index in [0.717, 1.165) is 38.5 Å². The molecule has 1 N–H and O–H groups in total. The highest BCUT2D eigenvalue weighted by Gasteiger charge is 2.34. The highest BCUT2D eigenvalue weighted by atomic mass is 32.2. The first kappa shape index (κ1) is 21.0. The summed E-state index contributed by atoms with van der Waals surface area (Å²) in [5.41, 5.74) is 1.24. The first-order valence-corrected chi connectivity index (χ1v) is 12.1. The quantitative estimate of drug-likeness (QED) is 0.772. The topological polar surface area (TPSA) is 110 Å². The highest BCUT2D eigenvalue weighted by molar-refractivity contribution is 7.89. The zero-order valence-corrected chi connectivity index (χ0v) is 18.3. The van der Waals surface area contributed by atoms with E-state index in [1.807, 2.05) is 0 Å². The Balaban J connectivity index is 1.45. The lowest BCUT2D eigenvalue weighted by atomic mass is 9.95. The van der Waals surface area contributed by atoms with Crippen molar-refractivity contribution in [2.24, 2.45) is 7.05 Å². The molecule has 1 aliphatic heterocycles.